The van der Waals surface area contributed by atoms with Crippen LogP contribution in [-0.2, 0) is 0 Å². The van der Waals surface area contributed by atoms with E-state index in [1.807, 2.05) is 6.92 Å². The third-order valence-electron chi connectivity index (χ3n) is 2.95. The summed E-state index contributed by atoms with van der Waals surface area (Å²) in [6.07, 6.45) is 12.7. The Kier molecular flexibility index (Phi) is 6.85. The smallest absolute Gasteiger partial charge is 0.128 e. The van der Waals surface area contributed by atoms with Gasteiger partial charge in [0.05, 0.1) is 0 Å². The molecule has 0 aliphatic heterocycles. The maximum Gasteiger partial charge on any atom is 0.128 e. The normalized spacial score (nSPS) is 15.7. The van der Waals surface area contributed by atoms with Crippen LogP contribution in [0.4, 0.5) is 0 Å². The highest BCUT2D eigenvalue weighted by Crippen LogP contribution is 2.26. The summed E-state index contributed by atoms with van der Waals surface area (Å²) in [5.41, 5.74) is 0.325. The van der Waals surface area contributed by atoms with Crippen molar-refractivity contribution in [2.45, 2.75) is 52.1 Å². The molecule has 0 aromatic carbocycles. The van der Waals surface area contributed by atoms with Gasteiger partial charge < -0.3 is 5.11 Å². The molecule has 0 rings (SSSR count). The second-order valence-corrected chi connectivity index (χ2v) is 4.66. The van der Waals surface area contributed by atoms with Crippen LogP contribution in [0, 0.1) is 18.3 Å². The molecule has 0 amide bonds. The summed E-state index contributed by atoms with van der Waals surface area (Å²) in [5.74, 6) is 2.66. The van der Waals surface area contributed by atoms with Gasteiger partial charge in [0.25, 0.3) is 0 Å². The van der Waals surface area contributed by atoms with Crippen LogP contribution in [0.2, 0.25) is 0 Å². The molecule has 0 bridgehead atoms. The van der Waals surface area contributed by atoms with Crippen molar-refractivity contribution in [3.63, 3.8) is 0 Å². The lowest BCUT2D eigenvalue weighted by atomic mass is 9.82. The van der Waals surface area contributed by atoms with Crippen molar-refractivity contribution in [3.05, 3.63) is 24.3 Å². The molecule has 0 aliphatic rings. The Morgan fingerprint density at radius 1 is 1.50 bits per heavy atom. The summed E-state index contributed by atoms with van der Waals surface area (Å²) in [6, 6.07) is 0. The summed E-state index contributed by atoms with van der Waals surface area (Å²) in [6.45, 7) is 9.83. The Balaban J connectivity index is 4.30. The van der Waals surface area contributed by atoms with Crippen LogP contribution < -0.4 is 0 Å². The van der Waals surface area contributed by atoms with Crippen LogP contribution in [0.25, 0.3) is 0 Å². The minimum atomic E-state index is -0.982. The zero-order valence-electron chi connectivity index (χ0n) is 10.8. The van der Waals surface area contributed by atoms with Crippen molar-refractivity contribution in [3.8, 4) is 12.3 Å². The highest BCUT2D eigenvalue weighted by Gasteiger charge is 2.29. The van der Waals surface area contributed by atoms with Gasteiger partial charge >= 0.3 is 0 Å². The van der Waals surface area contributed by atoms with Gasteiger partial charge in [0.1, 0.15) is 5.60 Å². The molecule has 0 fully saturated rings. The molecule has 1 heteroatoms. The average Bonchev–Trinajstić information content (AvgIpc) is 2.25. The minimum Gasteiger partial charge on any atom is -0.377 e. The highest BCUT2D eigenvalue weighted by atomic mass is 16.3. The fourth-order valence-corrected chi connectivity index (χ4v) is 1.64. The zero-order valence-corrected chi connectivity index (χ0v) is 10.8. The van der Waals surface area contributed by atoms with Gasteiger partial charge in [-0.3, -0.25) is 0 Å². The van der Waals surface area contributed by atoms with Crippen molar-refractivity contribution in [2.24, 2.45) is 5.92 Å². The molecule has 0 heterocycles. The first-order valence-electron chi connectivity index (χ1n) is 5.90. The topological polar surface area (TPSA) is 20.2 Å². The van der Waals surface area contributed by atoms with Gasteiger partial charge in [-0.2, -0.15) is 0 Å². The Morgan fingerprint density at radius 3 is 2.56 bits per heavy atom. The maximum absolute atomic E-state index is 10.3. The molecule has 0 aromatic rings. The molecule has 1 nitrogen and oxygen atoms in total. The van der Waals surface area contributed by atoms with Crippen molar-refractivity contribution < 1.29 is 5.11 Å². The third kappa shape index (κ3) is 5.19. The molecular formula is C15H24O. The highest BCUT2D eigenvalue weighted by molar-refractivity contribution is 5.10. The van der Waals surface area contributed by atoms with Gasteiger partial charge in [-0.05, 0) is 45.4 Å². The van der Waals surface area contributed by atoms with E-state index in [4.69, 9.17) is 6.42 Å². The zero-order chi connectivity index (χ0) is 12.6. The van der Waals surface area contributed by atoms with E-state index in [9.17, 15) is 5.11 Å². The van der Waals surface area contributed by atoms with Crippen molar-refractivity contribution in [1.82, 2.24) is 0 Å². The lowest BCUT2D eigenvalue weighted by Crippen LogP contribution is -2.34. The van der Waals surface area contributed by atoms with E-state index in [0.29, 0.717) is 6.42 Å². The molecular weight excluding hydrogens is 196 g/mol. The lowest BCUT2D eigenvalue weighted by molar-refractivity contribution is 0.0348. The molecule has 0 spiro atoms. The van der Waals surface area contributed by atoms with Gasteiger partial charge in [-0.25, -0.2) is 0 Å². The monoisotopic (exact) mass is 220 g/mol. The largest absolute Gasteiger partial charge is 0.377 e. The first kappa shape index (κ1) is 15.0. The van der Waals surface area contributed by atoms with Gasteiger partial charge in [0.2, 0.25) is 0 Å². The minimum absolute atomic E-state index is 0.119. The van der Waals surface area contributed by atoms with Crippen LogP contribution in [0.3, 0.4) is 0 Å². The van der Waals surface area contributed by atoms with E-state index in [0.717, 1.165) is 19.3 Å². The molecule has 0 saturated heterocycles. The fourth-order valence-electron chi connectivity index (χ4n) is 1.64. The lowest BCUT2D eigenvalue weighted by Gasteiger charge is -2.28. The van der Waals surface area contributed by atoms with Crippen LogP contribution >= 0.6 is 0 Å². The van der Waals surface area contributed by atoms with Gasteiger partial charge in [0.15, 0.2) is 0 Å². The summed E-state index contributed by atoms with van der Waals surface area (Å²) < 4.78 is 0. The summed E-state index contributed by atoms with van der Waals surface area (Å²) >= 11 is 0. The molecule has 0 radical (unpaired) electrons. The van der Waals surface area contributed by atoms with Crippen LogP contribution in [0.5, 0.6) is 0 Å². The number of hydrogen-bond acceptors (Lipinski definition) is 1. The molecule has 2 atom stereocenters. The Hall–Kier alpha value is -1.00. The fraction of sp³-hybridized carbons (Fsp3) is 0.600. The number of terminal acetylenes is 1. The van der Waals surface area contributed by atoms with E-state index in [1.54, 1.807) is 6.08 Å². The Morgan fingerprint density at radius 2 is 2.12 bits per heavy atom. The number of hydrogen-bond donors (Lipinski definition) is 1. The van der Waals surface area contributed by atoms with Gasteiger partial charge in [0, 0.05) is 0 Å². The van der Waals surface area contributed by atoms with E-state index >= 15 is 0 Å². The predicted molar refractivity (Wildman–Crippen MR) is 71.0 cm³/mol. The molecule has 0 aliphatic carbocycles. The first-order valence-corrected chi connectivity index (χ1v) is 5.90. The molecule has 90 valence electrons. The van der Waals surface area contributed by atoms with Crippen molar-refractivity contribution >= 4 is 0 Å². The average molecular weight is 220 g/mol. The van der Waals surface area contributed by atoms with E-state index in [2.05, 4.69) is 32.4 Å². The van der Waals surface area contributed by atoms with E-state index < -0.39 is 5.60 Å². The summed E-state index contributed by atoms with van der Waals surface area (Å²) in [5, 5.41) is 10.3. The first-order chi connectivity index (χ1) is 7.46. The molecule has 2 unspecified atom stereocenters. The second-order valence-electron chi connectivity index (χ2n) is 4.66. The number of rotatable bonds is 7. The van der Waals surface area contributed by atoms with Crippen LogP contribution in [0.1, 0.15) is 46.5 Å². The third-order valence-corrected chi connectivity index (χ3v) is 2.95. The van der Waals surface area contributed by atoms with E-state index in [1.165, 1.54) is 5.57 Å². The second kappa shape index (κ2) is 7.30. The molecule has 1 N–H and O–H groups in total. The predicted octanol–water partition coefficient (Wildman–Crippen LogP) is 3.70. The van der Waals surface area contributed by atoms with Crippen LogP contribution in [0.15, 0.2) is 24.3 Å². The van der Waals surface area contributed by atoms with Gasteiger partial charge in [-0.15, -0.1) is 13.0 Å². The molecule has 0 aromatic heterocycles. The summed E-state index contributed by atoms with van der Waals surface area (Å²) in [7, 11) is 0. The van der Waals surface area contributed by atoms with Gasteiger partial charge in [-0.1, -0.05) is 30.6 Å². The Bertz CT molecular complexity index is 278. The van der Waals surface area contributed by atoms with E-state index in [-0.39, 0.29) is 5.92 Å². The van der Waals surface area contributed by atoms with Crippen LogP contribution in [-0.4, -0.2) is 10.7 Å². The molecule has 0 saturated carbocycles. The standard InChI is InChI=1S/C15H24O/c1-6-8-12-15(16,7-2)14(5)11-9-10-13(3)4/h2,6,10,14,16H,1,8-9,11-12H2,3-5H3. The van der Waals surface area contributed by atoms with Crippen molar-refractivity contribution in [2.75, 3.05) is 0 Å². The number of aliphatic hydroxyl groups is 1. The SMILES string of the molecule is C#CC(O)(CCC=C)C(C)CCC=C(C)C. The molecule has 16 heavy (non-hydrogen) atoms. The maximum atomic E-state index is 10.3. The number of allylic oxidation sites excluding steroid dienone is 3. The van der Waals surface area contributed by atoms with Crippen molar-refractivity contribution in [1.29, 1.82) is 0 Å². The summed E-state index contributed by atoms with van der Waals surface area (Å²) in [4.78, 5) is 0. The Labute approximate surface area is 100 Å². The quantitative estimate of drug-likeness (QED) is 0.512.